The molecular formula is C19H19ClN2O3. The minimum atomic E-state index is -0.467. The Morgan fingerprint density at radius 1 is 1.08 bits per heavy atom. The fourth-order valence-corrected chi connectivity index (χ4v) is 2.12. The van der Waals surface area contributed by atoms with Gasteiger partial charge in [-0.3, -0.25) is 20.4 Å². The Balaban J connectivity index is 1.76. The van der Waals surface area contributed by atoms with Gasteiger partial charge in [0.1, 0.15) is 5.75 Å². The van der Waals surface area contributed by atoms with Crippen LogP contribution in [0.2, 0.25) is 5.02 Å². The number of nitrogens with one attached hydrogen (secondary N) is 2. The fraction of sp³-hybridized carbons (Fsp3) is 0.158. The maximum Gasteiger partial charge on any atom is 0.276 e. The van der Waals surface area contributed by atoms with Crippen LogP contribution in [0.25, 0.3) is 6.08 Å². The van der Waals surface area contributed by atoms with Gasteiger partial charge in [-0.2, -0.15) is 0 Å². The standard InChI is InChI=1S/C19H19ClN2O3/c1-13-5-3-4-6-15(13)7-10-18(23)21-22-19(24)12-25-16-8-9-17(20)14(2)11-16/h3-11H,12H2,1-2H3,(H,21,23)(H,22,24)/b10-7+. The highest BCUT2D eigenvalue weighted by molar-refractivity contribution is 6.31. The number of hydrazine groups is 1. The van der Waals surface area contributed by atoms with E-state index in [0.29, 0.717) is 10.8 Å². The number of hydrogen-bond donors (Lipinski definition) is 2. The second-order valence-electron chi connectivity index (χ2n) is 5.43. The molecule has 0 atom stereocenters. The predicted molar refractivity (Wildman–Crippen MR) is 98.2 cm³/mol. The summed E-state index contributed by atoms with van der Waals surface area (Å²) in [5.74, 6) is -0.369. The van der Waals surface area contributed by atoms with Crippen molar-refractivity contribution in [3.05, 3.63) is 70.3 Å². The van der Waals surface area contributed by atoms with Crippen LogP contribution in [0.4, 0.5) is 0 Å². The Morgan fingerprint density at radius 3 is 2.56 bits per heavy atom. The predicted octanol–water partition coefficient (Wildman–Crippen LogP) is 3.20. The molecule has 0 spiro atoms. The molecule has 130 valence electrons. The number of amides is 2. The summed E-state index contributed by atoms with van der Waals surface area (Å²) in [4.78, 5) is 23.4. The highest BCUT2D eigenvalue weighted by Gasteiger charge is 2.05. The Morgan fingerprint density at radius 2 is 1.84 bits per heavy atom. The molecule has 2 rings (SSSR count). The third-order valence-electron chi connectivity index (χ3n) is 3.43. The molecule has 2 aromatic carbocycles. The summed E-state index contributed by atoms with van der Waals surface area (Å²) < 4.78 is 5.34. The van der Waals surface area contributed by atoms with Gasteiger partial charge in [0.15, 0.2) is 6.61 Å². The number of aryl methyl sites for hydroxylation is 2. The van der Waals surface area contributed by atoms with Crippen molar-refractivity contribution in [1.29, 1.82) is 0 Å². The van der Waals surface area contributed by atoms with Crippen LogP contribution in [0.3, 0.4) is 0 Å². The molecule has 0 saturated carbocycles. The number of carbonyl (C=O) groups is 2. The number of benzene rings is 2. The van der Waals surface area contributed by atoms with Crippen molar-refractivity contribution in [1.82, 2.24) is 10.9 Å². The lowest BCUT2D eigenvalue weighted by atomic mass is 10.1. The summed E-state index contributed by atoms with van der Waals surface area (Å²) in [5, 5.41) is 0.629. The third-order valence-corrected chi connectivity index (χ3v) is 3.85. The number of carbonyl (C=O) groups excluding carboxylic acids is 2. The van der Waals surface area contributed by atoms with Crippen LogP contribution in [0.1, 0.15) is 16.7 Å². The van der Waals surface area contributed by atoms with Gasteiger partial charge >= 0.3 is 0 Å². The molecule has 0 heterocycles. The number of ether oxygens (including phenoxy) is 1. The number of hydrogen-bond acceptors (Lipinski definition) is 3. The van der Waals surface area contributed by atoms with Gasteiger partial charge in [-0.05, 0) is 54.8 Å². The van der Waals surface area contributed by atoms with Crippen LogP contribution >= 0.6 is 11.6 Å². The van der Waals surface area contributed by atoms with Gasteiger partial charge in [0.25, 0.3) is 11.8 Å². The van der Waals surface area contributed by atoms with E-state index in [1.807, 2.05) is 38.1 Å². The van der Waals surface area contributed by atoms with E-state index in [9.17, 15) is 9.59 Å². The topological polar surface area (TPSA) is 67.4 Å². The van der Waals surface area contributed by atoms with Gasteiger partial charge in [-0.15, -0.1) is 0 Å². The minimum absolute atomic E-state index is 0.219. The van der Waals surface area contributed by atoms with Crippen LogP contribution in [0, 0.1) is 13.8 Å². The number of rotatable bonds is 5. The van der Waals surface area contributed by atoms with E-state index < -0.39 is 11.8 Å². The van der Waals surface area contributed by atoms with E-state index in [4.69, 9.17) is 16.3 Å². The van der Waals surface area contributed by atoms with Gasteiger partial charge in [-0.1, -0.05) is 35.9 Å². The van der Waals surface area contributed by atoms with Gasteiger partial charge < -0.3 is 4.74 Å². The van der Waals surface area contributed by atoms with E-state index in [1.165, 1.54) is 6.08 Å². The second kappa shape index (κ2) is 8.89. The normalized spacial score (nSPS) is 10.5. The van der Waals surface area contributed by atoms with Crippen molar-refractivity contribution in [2.24, 2.45) is 0 Å². The quantitative estimate of drug-likeness (QED) is 0.637. The monoisotopic (exact) mass is 358 g/mol. The van der Waals surface area contributed by atoms with Gasteiger partial charge in [0.05, 0.1) is 0 Å². The van der Waals surface area contributed by atoms with Crippen molar-refractivity contribution < 1.29 is 14.3 Å². The lowest BCUT2D eigenvalue weighted by molar-refractivity contribution is -0.128. The van der Waals surface area contributed by atoms with Crippen LogP contribution in [0.15, 0.2) is 48.5 Å². The molecule has 0 aliphatic rings. The summed E-state index contributed by atoms with van der Waals surface area (Å²) in [6.45, 7) is 3.58. The summed E-state index contributed by atoms with van der Waals surface area (Å²) >= 11 is 5.92. The van der Waals surface area contributed by atoms with E-state index in [0.717, 1.165) is 16.7 Å². The summed E-state index contributed by atoms with van der Waals surface area (Å²) in [6.07, 6.45) is 3.04. The zero-order chi connectivity index (χ0) is 18.2. The molecule has 6 heteroatoms. The van der Waals surface area contributed by atoms with Crippen molar-refractivity contribution in [3.8, 4) is 5.75 Å². The Labute approximate surface area is 151 Å². The average Bonchev–Trinajstić information content (AvgIpc) is 2.60. The average molecular weight is 359 g/mol. The SMILES string of the molecule is Cc1cc(OCC(=O)NNC(=O)/C=C/c2ccccc2C)ccc1Cl. The molecule has 0 saturated heterocycles. The Kier molecular flexibility index (Phi) is 6.60. The zero-order valence-electron chi connectivity index (χ0n) is 14.0. The molecule has 0 bridgehead atoms. The highest BCUT2D eigenvalue weighted by atomic mass is 35.5. The van der Waals surface area contributed by atoms with Gasteiger partial charge in [0, 0.05) is 11.1 Å². The molecule has 2 aromatic rings. The van der Waals surface area contributed by atoms with Crippen LogP contribution in [0.5, 0.6) is 5.75 Å². The molecule has 0 fully saturated rings. The summed E-state index contributed by atoms with van der Waals surface area (Å²) in [5.41, 5.74) is 7.44. The van der Waals surface area contributed by atoms with Crippen molar-refractivity contribution in [3.63, 3.8) is 0 Å². The van der Waals surface area contributed by atoms with E-state index >= 15 is 0 Å². The lowest BCUT2D eigenvalue weighted by Gasteiger charge is -2.08. The Hall–Kier alpha value is -2.79. The Bertz CT molecular complexity index is 803. The van der Waals surface area contributed by atoms with E-state index in [1.54, 1.807) is 24.3 Å². The third kappa shape index (κ3) is 5.97. The molecule has 0 radical (unpaired) electrons. The summed E-state index contributed by atoms with van der Waals surface area (Å²) in [6, 6.07) is 12.8. The molecule has 0 aliphatic heterocycles. The first-order chi connectivity index (χ1) is 12.0. The smallest absolute Gasteiger partial charge is 0.276 e. The van der Waals surface area contributed by atoms with E-state index in [2.05, 4.69) is 10.9 Å². The molecule has 2 N–H and O–H groups in total. The van der Waals surface area contributed by atoms with Crippen molar-refractivity contribution >= 4 is 29.5 Å². The largest absolute Gasteiger partial charge is 0.484 e. The lowest BCUT2D eigenvalue weighted by Crippen LogP contribution is -2.43. The summed E-state index contributed by atoms with van der Waals surface area (Å²) in [7, 11) is 0. The van der Waals surface area contributed by atoms with E-state index in [-0.39, 0.29) is 6.61 Å². The second-order valence-corrected chi connectivity index (χ2v) is 5.83. The first kappa shape index (κ1) is 18.5. The van der Waals surface area contributed by atoms with Gasteiger partial charge in [0.2, 0.25) is 0 Å². The van der Waals surface area contributed by atoms with Crippen LogP contribution in [-0.2, 0) is 9.59 Å². The van der Waals surface area contributed by atoms with Gasteiger partial charge in [-0.25, -0.2) is 0 Å². The maximum absolute atomic E-state index is 11.7. The van der Waals surface area contributed by atoms with Crippen LogP contribution in [-0.4, -0.2) is 18.4 Å². The fourth-order valence-electron chi connectivity index (χ4n) is 2.00. The first-order valence-electron chi connectivity index (χ1n) is 7.67. The zero-order valence-corrected chi connectivity index (χ0v) is 14.8. The van der Waals surface area contributed by atoms with Crippen molar-refractivity contribution in [2.45, 2.75) is 13.8 Å². The minimum Gasteiger partial charge on any atom is -0.484 e. The van der Waals surface area contributed by atoms with Crippen molar-refractivity contribution in [2.75, 3.05) is 6.61 Å². The highest BCUT2D eigenvalue weighted by Crippen LogP contribution is 2.20. The molecular weight excluding hydrogens is 340 g/mol. The molecule has 25 heavy (non-hydrogen) atoms. The number of halogens is 1. The molecule has 0 aliphatic carbocycles. The molecule has 0 unspecified atom stereocenters. The van der Waals surface area contributed by atoms with Crippen LogP contribution < -0.4 is 15.6 Å². The molecule has 2 amide bonds. The maximum atomic E-state index is 11.7. The molecule has 0 aromatic heterocycles. The molecule has 5 nitrogen and oxygen atoms in total. The first-order valence-corrected chi connectivity index (χ1v) is 8.05.